The number of ketones is 1. The van der Waals surface area contributed by atoms with Gasteiger partial charge >= 0.3 is 5.69 Å². The third kappa shape index (κ3) is 2.14. The lowest BCUT2D eigenvalue weighted by Gasteiger charge is -2.23. The van der Waals surface area contributed by atoms with E-state index in [2.05, 4.69) is 11.6 Å². The van der Waals surface area contributed by atoms with Gasteiger partial charge in [-0.25, -0.2) is 9.36 Å². The number of carbonyl (C=O) groups is 1. The highest BCUT2D eigenvalue weighted by Gasteiger charge is 2.28. The summed E-state index contributed by atoms with van der Waals surface area (Å²) in [5, 5.41) is 0.467. The molecule has 3 rings (SSSR count). The highest BCUT2D eigenvalue weighted by Crippen LogP contribution is 2.26. The van der Waals surface area contributed by atoms with Gasteiger partial charge in [0, 0.05) is 6.42 Å². The van der Waals surface area contributed by atoms with Crippen LogP contribution in [0, 0.1) is 6.92 Å². The van der Waals surface area contributed by atoms with Gasteiger partial charge in [0.2, 0.25) is 0 Å². The van der Waals surface area contributed by atoms with Crippen molar-refractivity contribution in [2.24, 2.45) is 0 Å². The number of nitrogens with zero attached hydrogens (tertiary/aromatic N) is 1. The second-order valence-electron chi connectivity index (χ2n) is 5.55. The number of fused-ring (bicyclic) bond motifs is 1. The van der Waals surface area contributed by atoms with Gasteiger partial charge in [-0.05, 0) is 31.4 Å². The van der Waals surface area contributed by atoms with Crippen molar-refractivity contribution in [1.29, 1.82) is 0 Å². The Hall–Kier alpha value is -2.43. The maximum Gasteiger partial charge on any atom is 0.329 e. The second kappa shape index (κ2) is 4.84. The Morgan fingerprint density at radius 2 is 2.05 bits per heavy atom. The molecule has 2 aromatic rings. The van der Waals surface area contributed by atoms with E-state index < -0.39 is 17.3 Å². The van der Waals surface area contributed by atoms with Crippen LogP contribution in [0.25, 0.3) is 10.9 Å². The Bertz CT molecular complexity index is 873. The van der Waals surface area contributed by atoms with E-state index in [1.165, 1.54) is 0 Å². The van der Waals surface area contributed by atoms with Gasteiger partial charge in [0.25, 0.3) is 5.56 Å². The Labute approximate surface area is 120 Å². The molecule has 0 bridgehead atoms. The first kappa shape index (κ1) is 13.5. The summed E-state index contributed by atoms with van der Waals surface area (Å²) in [5.41, 5.74) is 1.24. The number of benzene rings is 1. The van der Waals surface area contributed by atoms with Crippen LogP contribution in [0.1, 0.15) is 30.9 Å². The first-order chi connectivity index (χ1) is 9.99. The van der Waals surface area contributed by atoms with Gasteiger partial charge in [0.05, 0.1) is 10.9 Å². The summed E-state index contributed by atoms with van der Waals surface area (Å²) in [6.07, 6.45) is 1.36. The fraction of sp³-hybridized carbons (Fsp3) is 0.312. The van der Waals surface area contributed by atoms with Crippen LogP contribution in [-0.4, -0.2) is 15.3 Å². The van der Waals surface area contributed by atoms with Crippen molar-refractivity contribution in [3.63, 3.8) is 0 Å². The molecule has 0 amide bonds. The van der Waals surface area contributed by atoms with Crippen molar-refractivity contribution in [3.8, 4) is 0 Å². The van der Waals surface area contributed by atoms with Crippen LogP contribution >= 0.6 is 0 Å². The Morgan fingerprint density at radius 3 is 2.76 bits per heavy atom. The van der Waals surface area contributed by atoms with E-state index in [-0.39, 0.29) is 12.2 Å². The molecule has 5 heteroatoms. The molecule has 1 aliphatic rings. The standard InChI is InChI=1S/C16H16N2O3/c1-9-6-7-12(13(19)8-9)18-15(20)14-10(2)4-3-5-11(14)17-16(18)21/h3-5,12H,1,6-8H2,2H3,(H,17,21). The quantitative estimate of drug-likeness (QED) is 0.812. The zero-order valence-electron chi connectivity index (χ0n) is 11.8. The molecule has 1 aromatic heterocycles. The topological polar surface area (TPSA) is 71.9 Å². The molecule has 0 radical (unpaired) electrons. The molecular weight excluding hydrogens is 268 g/mol. The van der Waals surface area contributed by atoms with Gasteiger partial charge in [-0.1, -0.05) is 24.3 Å². The average Bonchev–Trinajstić information content (AvgIpc) is 2.40. The molecule has 1 N–H and O–H groups in total. The molecule has 1 unspecified atom stereocenters. The summed E-state index contributed by atoms with van der Waals surface area (Å²) in [4.78, 5) is 39.7. The van der Waals surface area contributed by atoms with Crippen LogP contribution in [0.4, 0.5) is 0 Å². The van der Waals surface area contributed by atoms with E-state index in [9.17, 15) is 14.4 Å². The fourth-order valence-electron chi connectivity index (χ4n) is 2.95. The summed E-state index contributed by atoms with van der Waals surface area (Å²) in [6, 6.07) is 4.61. The van der Waals surface area contributed by atoms with E-state index in [1.807, 2.05) is 13.0 Å². The van der Waals surface area contributed by atoms with Crippen LogP contribution in [0.15, 0.2) is 39.9 Å². The summed E-state index contributed by atoms with van der Waals surface area (Å²) >= 11 is 0. The van der Waals surface area contributed by atoms with Crippen molar-refractivity contribution in [3.05, 3.63) is 56.8 Å². The lowest BCUT2D eigenvalue weighted by molar-refractivity contribution is -0.122. The van der Waals surface area contributed by atoms with E-state index in [0.29, 0.717) is 23.7 Å². The van der Waals surface area contributed by atoms with Crippen LogP contribution in [0.2, 0.25) is 0 Å². The van der Waals surface area contributed by atoms with E-state index >= 15 is 0 Å². The number of hydrogen-bond acceptors (Lipinski definition) is 3. The number of hydrogen-bond donors (Lipinski definition) is 1. The number of aromatic amines is 1. The molecule has 0 saturated heterocycles. The fourth-order valence-corrected chi connectivity index (χ4v) is 2.95. The predicted molar refractivity (Wildman–Crippen MR) is 80.6 cm³/mol. The van der Waals surface area contributed by atoms with Gasteiger partial charge in [-0.3, -0.25) is 9.59 Å². The Morgan fingerprint density at radius 1 is 1.29 bits per heavy atom. The van der Waals surface area contributed by atoms with Gasteiger partial charge in [-0.15, -0.1) is 0 Å². The number of Topliss-reactive ketones (excluding diaryl/α,β-unsaturated/α-hetero) is 1. The normalized spacial score (nSPS) is 19.2. The first-order valence-electron chi connectivity index (χ1n) is 6.92. The smallest absolute Gasteiger partial charge is 0.307 e. The molecule has 5 nitrogen and oxygen atoms in total. The van der Waals surface area contributed by atoms with Gasteiger partial charge in [0.15, 0.2) is 5.78 Å². The largest absolute Gasteiger partial charge is 0.329 e. The Kier molecular flexibility index (Phi) is 3.12. The van der Waals surface area contributed by atoms with Crippen molar-refractivity contribution in [1.82, 2.24) is 9.55 Å². The predicted octanol–water partition coefficient (Wildman–Crippen LogP) is 1.85. The number of nitrogens with one attached hydrogen (secondary N) is 1. The monoisotopic (exact) mass is 284 g/mol. The molecule has 0 aliphatic heterocycles. The number of rotatable bonds is 1. The minimum absolute atomic E-state index is 0.119. The van der Waals surface area contributed by atoms with E-state index in [0.717, 1.165) is 15.7 Å². The van der Waals surface area contributed by atoms with Crippen LogP contribution < -0.4 is 11.2 Å². The third-order valence-corrected chi connectivity index (χ3v) is 4.04. The lowest BCUT2D eigenvalue weighted by atomic mass is 9.90. The van der Waals surface area contributed by atoms with Crippen molar-refractivity contribution in [2.45, 2.75) is 32.2 Å². The lowest BCUT2D eigenvalue weighted by Crippen LogP contribution is -2.42. The van der Waals surface area contributed by atoms with Gasteiger partial charge < -0.3 is 4.98 Å². The molecule has 1 heterocycles. The molecule has 1 fully saturated rings. The summed E-state index contributed by atoms with van der Waals surface area (Å²) in [5.74, 6) is -0.119. The molecule has 0 spiro atoms. The SMILES string of the molecule is C=C1CCC(n2c(=O)[nH]c3cccc(C)c3c2=O)C(=O)C1. The molecule has 21 heavy (non-hydrogen) atoms. The summed E-state index contributed by atoms with van der Waals surface area (Å²) in [7, 11) is 0. The maximum atomic E-state index is 12.7. The molecule has 1 atom stereocenters. The van der Waals surface area contributed by atoms with Crippen LogP contribution in [0.3, 0.4) is 0 Å². The zero-order chi connectivity index (χ0) is 15.1. The first-order valence-corrected chi connectivity index (χ1v) is 6.92. The van der Waals surface area contributed by atoms with E-state index in [1.54, 1.807) is 12.1 Å². The van der Waals surface area contributed by atoms with Gasteiger partial charge in [0.1, 0.15) is 6.04 Å². The minimum Gasteiger partial charge on any atom is -0.307 e. The molecule has 1 saturated carbocycles. The minimum atomic E-state index is -0.684. The van der Waals surface area contributed by atoms with E-state index in [4.69, 9.17) is 0 Å². The highest BCUT2D eigenvalue weighted by molar-refractivity contribution is 5.86. The average molecular weight is 284 g/mol. The van der Waals surface area contributed by atoms with Crippen molar-refractivity contribution in [2.75, 3.05) is 0 Å². The summed E-state index contributed by atoms with van der Waals surface area (Å²) < 4.78 is 1.07. The summed E-state index contributed by atoms with van der Waals surface area (Å²) in [6.45, 7) is 5.62. The number of allylic oxidation sites excluding steroid dienone is 1. The van der Waals surface area contributed by atoms with Crippen molar-refractivity contribution < 1.29 is 4.79 Å². The highest BCUT2D eigenvalue weighted by atomic mass is 16.2. The number of aryl methyl sites for hydroxylation is 1. The number of aromatic nitrogens is 2. The zero-order valence-corrected chi connectivity index (χ0v) is 11.8. The van der Waals surface area contributed by atoms with Crippen molar-refractivity contribution >= 4 is 16.7 Å². The Balaban J connectivity index is 2.26. The molecular formula is C16H16N2O3. The third-order valence-electron chi connectivity index (χ3n) is 4.04. The molecule has 108 valence electrons. The maximum absolute atomic E-state index is 12.7. The second-order valence-corrected chi connectivity index (χ2v) is 5.55. The van der Waals surface area contributed by atoms with Crippen LogP contribution in [0.5, 0.6) is 0 Å². The molecule has 1 aromatic carbocycles. The van der Waals surface area contributed by atoms with Gasteiger partial charge in [-0.2, -0.15) is 0 Å². The number of H-pyrrole nitrogens is 1. The molecule has 1 aliphatic carbocycles. The number of carbonyl (C=O) groups excluding carboxylic acids is 1. The van der Waals surface area contributed by atoms with Crippen LogP contribution in [-0.2, 0) is 4.79 Å².